The molecule has 3 fully saturated rings. The summed E-state index contributed by atoms with van der Waals surface area (Å²) < 4.78 is 35.8. The highest BCUT2D eigenvalue weighted by atomic mass is 35.5. The van der Waals surface area contributed by atoms with E-state index >= 15 is 4.79 Å². The first-order valence-corrected chi connectivity index (χ1v) is 21.7. The van der Waals surface area contributed by atoms with Crippen molar-refractivity contribution in [3.63, 3.8) is 0 Å². The van der Waals surface area contributed by atoms with Crippen molar-refractivity contribution in [1.29, 1.82) is 0 Å². The highest BCUT2D eigenvalue weighted by Gasteiger charge is 2.69. The molecule has 5 aromatic carbocycles. The van der Waals surface area contributed by atoms with Gasteiger partial charge in [0.25, 0.3) is 11.8 Å². The van der Waals surface area contributed by atoms with Crippen LogP contribution in [0.1, 0.15) is 35.1 Å². The van der Waals surface area contributed by atoms with E-state index in [0.29, 0.717) is 39.0 Å². The van der Waals surface area contributed by atoms with E-state index in [1.54, 1.807) is 68.8 Å². The molecule has 2 N–H and O–H groups in total. The number of ether oxygens (including phenoxy) is 4. The SMILES string of the molecule is COc1ccc(OC)c(C=Cc2ccc(N3C(=O)C4CC=C5C(CC6C(=O)N(Nc7ccc(F)cc7)C(=O)C6(c6ccc(Cl)cc6)C5C=Cc5cc(OC)c(O)c(OC)c5)C4C3=O)cc2)c1. The molecule has 4 aliphatic rings. The van der Waals surface area contributed by atoms with Crippen LogP contribution in [-0.4, -0.2) is 62.2 Å². The third kappa shape index (κ3) is 7.33. The molecule has 2 aliphatic carbocycles. The van der Waals surface area contributed by atoms with E-state index in [1.165, 1.54) is 43.4 Å². The zero-order valence-corrected chi connectivity index (χ0v) is 37.1. The average Bonchev–Trinajstić information content (AvgIpc) is 3.71. The fraction of sp³-hybridized carbons (Fsp3) is 0.231. The summed E-state index contributed by atoms with van der Waals surface area (Å²) in [6.45, 7) is 0. The number of nitrogens with one attached hydrogen (secondary N) is 1. The third-order valence-corrected chi connectivity index (χ3v) is 13.6. The zero-order valence-electron chi connectivity index (χ0n) is 36.4. The Morgan fingerprint density at radius 1 is 0.727 bits per heavy atom. The predicted molar refractivity (Wildman–Crippen MR) is 247 cm³/mol. The van der Waals surface area contributed by atoms with E-state index < -0.39 is 58.5 Å². The van der Waals surface area contributed by atoms with Crippen LogP contribution in [0.15, 0.2) is 121 Å². The van der Waals surface area contributed by atoms with Crippen LogP contribution in [0.2, 0.25) is 5.02 Å². The molecule has 12 nitrogen and oxygen atoms in total. The molecular weight excluding hydrogens is 865 g/mol. The standard InChI is InChI=1S/C52H45ClFN3O9/c1-63-37-20-24-43(64-2)31(27-37)9-5-29-6-18-36(19-7-29)56-48(59)39-22-21-38-40(46(39)50(56)61)28-42-49(60)57(55-35-16-14-34(54)15-17-35)51(62)52(42,32-10-12-33(53)13-11-32)41(38)23-8-30-25-44(65-3)47(58)45(26-30)66-4/h5-21,23-27,39-42,46,55,58H,22,28H2,1-4H3. The fourth-order valence-corrected chi connectivity index (χ4v) is 10.4. The number of benzene rings is 5. The molecule has 2 heterocycles. The Morgan fingerprint density at radius 2 is 1.41 bits per heavy atom. The van der Waals surface area contributed by atoms with Gasteiger partial charge in [-0.2, -0.15) is 5.01 Å². The molecule has 1 saturated carbocycles. The number of methoxy groups -OCH3 is 4. The van der Waals surface area contributed by atoms with Gasteiger partial charge in [-0.15, -0.1) is 0 Å². The summed E-state index contributed by atoms with van der Waals surface area (Å²) in [5.41, 5.74) is 5.53. The summed E-state index contributed by atoms with van der Waals surface area (Å²) in [7, 11) is 6.01. The number of fused-ring (bicyclic) bond motifs is 4. The predicted octanol–water partition coefficient (Wildman–Crippen LogP) is 9.12. The number of carbonyl (C=O) groups excluding carboxylic acids is 4. The third-order valence-electron chi connectivity index (χ3n) is 13.3. The van der Waals surface area contributed by atoms with Crippen LogP contribution < -0.4 is 29.3 Å². The number of phenols is 1. The van der Waals surface area contributed by atoms with E-state index in [4.69, 9.17) is 30.5 Å². The largest absolute Gasteiger partial charge is 0.502 e. The van der Waals surface area contributed by atoms with Crippen molar-refractivity contribution in [2.24, 2.45) is 29.6 Å². The molecule has 6 unspecified atom stereocenters. The lowest BCUT2D eigenvalue weighted by molar-refractivity contribution is -0.139. The van der Waals surface area contributed by atoms with E-state index in [2.05, 4.69) is 5.43 Å². The van der Waals surface area contributed by atoms with Gasteiger partial charge in [0, 0.05) is 16.5 Å². The number of amides is 4. The van der Waals surface area contributed by atoms with Crippen molar-refractivity contribution < 1.29 is 47.6 Å². The minimum Gasteiger partial charge on any atom is -0.502 e. The Balaban J connectivity index is 1.12. The molecular formula is C52H45ClFN3O9. The summed E-state index contributed by atoms with van der Waals surface area (Å²) >= 11 is 6.43. The molecule has 4 amide bonds. The maximum Gasteiger partial charge on any atom is 0.260 e. The molecule has 6 atom stereocenters. The van der Waals surface area contributed by atoms with Crippen molar-refractivity contribution in [3.8, 4) is 28.7 Å². The highest BCUT2D eigenvalue weighted by molar-refractivity contribution is 6.30. The summed E-state index contributed by atoms with van der Waals surface area (Å²) in [5, 5.41) is 12.1. The Hall–Kier alpha value is -7.38. The Labute approximate surface area is 385 Å². The van der Waals surface area contributed by atoms with Gasteiger partial charge in [0.15, 0.2) is 11.5 Å². The molecule has 0 bridgehead atoms. The van der Waals surface area contributed by atoms with Gasteiger partial charge in [-0.3, -0.25) is 29.5 Å². The van der Waals surface area contributed by atoms with Gasteiger partial charge in [0.2, 0.25) is 17.6 Å². The van der Waals surface area contributed by atoms with Gasteiger partial charge >= 0.3 is 0 Å². The number of rotatable bonds is 12. The van der Waals surface area contributed by atoms with Crippen LogP contribution in [0, 0.1) is 35.4 Å². The number of phenolic OH excluding ortho intramolecular Hbond substituents is 1. The topological polar surface area (TPSA) is 144 Å². The maximum atomic E-state index is 15.4. The van der Waals surface area contributed by atoms with Crippen molar-refractivity contribution in [1.82, 2.24) is 5.01 Å². The number of imide groups is 2. The van der Waals surface area contributed by atoms with Crippen LogP contribution in [0.25, 0.3) is 18.2 Å². The van der Waals surface area contributed by atoms with E-state index in [-0.39, 0.29) is 36.0 Å². The average molecular weight is 910 g/mol. The van der Waals surface area contributed by atoms with Crippen molar-refractivity contribution >= 4 is 64.8 Å². The molecule has 14 heteroatoms. The number of anilines is 2. The first kappa shape index (κ1) is 43.9. The molecule has 336 valence electrons. The second-order valence-electron chi connectivity index (χ2n) is 16.6. The molecule has 9 rings (SSSR count). The van der Waals surface area contributed by atoms with Crippen LogP contribution in [-0.2, 0) is 24.6 Å². The molecule has 66 heavy (non-hydrogen) atoms. The summed E-state index contributed by atoms with van der Waals surface area (Å²) in [6, 6.07) is 27.9. The number of allylic oxidation sites excluding steroid dienone is 3. The van der Waals surface area contributed by atoms with Gasteiger partial charge in [0.05, 0.1) is 63.0 Å². The van der Waals surface area contributed by atoms with Crippen LogP contribution >= 0.6 is 11.6 Å². The zero-order chi connectivity index (χ0) is 46.4. The number of hydrogen-bond donors (Lipinski definition) is 2. The van der Waals surface area contributed by atoms with Crippen molar-refractivity contribution in [3.05, 3.63) is 154 Å². The van der Waals surface area contributed by atoms with E-state index in [0.717, 1.165) is 21.7 Å². The number of hydrogen-bond acceptors (Lipinski definition) is 10. The fourth-order valence-electron chi connectivity index (χ4n) is 10.3. The monoisotopic (exact) mass is 909 g/mol. The number of hydrazine groups is 1. The Bertz CT molecular complexity index is 2820. The van der Waals surface area contributed by atoms with Gasteiger partial charge < -0.3 is 24.1 Å². The quantitative estimate of drug-likeness (QED) is 0.0707. The van der Waals surface area contributed by atoms with Gasteiger partial charge in [0.1, 0.15) is 17.3 Å². The molecule has 0 radical (unpaired) electrons. The summed E-state index contributed by atoms with van der Waals surface area (Å²) in [5.74, 6) is -4.96. The number of nitrogens with zero attached hydrogens (tertiary/aromatic N) is 2. The Morgan fingerprint density at radius 3 is 2.06 bits per heavy atom. The van der Waals surface area contributed by atoms with E-state index in [1.807, 2.05) is 54.6 Å². The molecule has 0 aromatic heterocycles. The summed E-state index contributed by atoms with van der Waals surface area (Å²) in [4.78, 5) is 61.0. The van der Waals surface area contributed by atoms with Crippen LogP contribution in [0.3, 0.4) is 0 Å². The normalized spacial score (nSPS) is 23.5. The van der Waals surface area contributed by atoms with Crippen molar-refractivity contribution in [2.45, 2.75) is 18.3 Å². The van der Waals surface area contributed by atoms with E-state index in [9.17, 15) is 23.9 Å². The van der Waals surface area contributed by atoms with Gasteiger partial charge in [-0.05, 0) is 114 Å². The minimum absolute atomic E-state index is 0.0668. The van der Waals surface area contributed by atoms with Gasteiger partial charge in [-0.25, -0.2) is 4.39 Å². The number of halogens is 2. The van der Waals surface area contributed by atoms with Crippen molar-refractivity contribution in [2.75, 3.05) is 38.8 Å². The maximum absolute atomic E-state index is 15.4. The lowest BCUT2D eigenvalue weighted by Crippen LogP contribution is -2.54. The van der Waals surface area contributed by atoms with Crippen LogP contribution in [0.4, 0.5) is 15.8 Å². The smallest absolute Gasteiger partial charge is 0.260 e. The number of carbonyl (C=O) groups is 4. The summed E-state index contributed by atoms with van der Waals surface area (Å²) in [6.07, 6.45) is 9.62. The Kier molecular flexibility index (Phi) is 11.7. The second kappa shape index (κ2) is 17.5. The molecule has 0 spiro atoms. The number of aromatic hydroxyl groups is 1. The molecule has 2 aliphatic heterocycles. The lowest BCUT2D eigenvalue weighted by atomic mass is 9.50. The first-order valence-electron chi connectivity index (χ1n) is 21.3. The van der Waals surface area contributed by atoms with Crippen LogP contribution in [0.5, 0.6) is 28.7 Å². The molecule has 2 saturated heterocycles. The minimum atomic E-state index is -1.57. The molecule has 5 aromatic rings. The highest BCUT2D eigenvalue weighted by Crippen LogP contribution is 2.62. The second-order valence-corrected chi connectivity index (χ2v) is 17.0. The van der Waals surface area contributed by atoms with Gasteiger partial charge in [-0.1, -0.05) is 71.8 Å². The lowest BCUT2D eigenvalue weighted by Gasteiger charge is -2.49. The first-order chi connectivity index (χ1) is 31.9.